The monoisotopic (exact) mass is 534 g/mol. The molecule has 210 valence electrons. The predicted octanol–water partition coefficient (Wildman–Crippen LogP) is 6.35. The molecule has 8 nitrogen and oxygen atoms in total. The number of hydrogen-bond acceptors (Lipinski definition) is 6. The van der Waals surface area contributed by atoms with Crippen LogP contribution in [0.3, 0.4) is 0 Å². The van der Waals surface area contributed by atoms with Crippen LogP contribution in [-0.2, 0) is 27.3 Å². The van der Waals surface area contributed by atoms with Gasteiger partial charge in [-0.25, -0.2) is 4.79 Å². The van der Waals surface area contributed by atoms with E-state index < -0.39 is 0 Å². The van der Waals surface area contributed by atoms with Crippen LogP contribution in [0, 0.1) is 0 Å². The lowest BCUT2D eigenvalue weighted by atomic mass is 10.0. The molecule has 0 radical (unpaired) electrons. The first-order valence-electron chi connectivity index (χ1n) is 13.6. The van der Waals surface area contributed by atoms with Gasteiger partial charge in [0.1, 0.15) is 22.5 Å². The fourth-order valence-electron chi connectivity index (χ4n) is 3.83. The highest BCUT2D eigenvalue weighted by Gasteiger charge is 2.15. The van der Waals surface area contributed by atoms with Gasteiger partial charge in [0.15, 0.2) is 0 Å². The predicted molar refractivity (Wildman–Crippen MR) is 156 cm³/mol. The number of nitrogens with zero attached hydrogens (tertiary/aromatic N) is 3. The smallest absolute Gasteiger partial charge is 0.333 e. The maximum atomic E-state index is 12.0. The molecule has 1 heterocycles. The summed E-state index contributed by atoms with van der Waals surface area (Å²) in [5, 5.41) is 22.8. The topological polar surface area (TPSA) is 106 Å². The normalized spacial score (nSPS) is 10.5. The van der Waals surface area contributed by atoms with Gasteiger partial charge in [-0.2, -0.15) is 0 Å². The van der Waals surface area contributed by atoms with E-state index in [0.717, 1.165) is 29.4 Å². The van der Waals surface area contributed by atoms with Gasteiger partial charge < -0.3 is 15.2 Å². The van der Waals surface area contributed by atoms with Crippen LogP contribution in [0.1, 0.15) is 77.3 Å². The van der Waals surface area contributed by atoms with Crippen molar-refractivity contribution in [2.24, 2.45) is 0 Å². The van der Waals surface area contributed by atoms with Crippen LogP contribution in [0.2, 0.25) is 0 Å². The van der Waals surface area contributed by atoms with Crippen LogP contribution in [0.25, 0.3) is 16.7 Å². The van der Waals surface area contributed by atoms with Gasteiger partial charge in [-0.15, -0.1) is 15.0 Å². The molecule has 1 aromatic heterocycles. The van der Waals surface area contributed by atoms with Crippen molar-refractivity contribution in [1.82, 2.24) is 20.3 Å². The van der Waals surface area contributed by atoms with Gasteiger partial charge in [-0.1, -0.05) is 70.4 Å². The van der Waals surface area contributed by atoms with Crippen LogP contribution in [-0.4, -0.2) is 38.6 Å². The zero-order valence-electron chi connectivity index (χ0n) is 23.8. The number of carbonyl (C=O) groups excluding carboxylic acids is 2. The molecule has 0 fully saturated rings. The number of aryl methyl sites for hydroxylation is 1. The fraction of sp³-hybridized carbons (Fsp3) is 0.419. The summed E-state index contributed by atoms with van der Waals surface area (Å²) in [5.74, 6) is -0.466. The third-order valence-corrected chi connectivity index (χ3v) is 6.00. The van der Waals surface area contributed by atoms with Gasteiger partial charge in [0, 0.05) is 23.3 Å². The van der Waals surface area contributed by atoms with E-state index in [2.05, 4.69) is 40.3 Å². The van der Waals surface area contributed by atoms with Gasteiger partial charge in [0.25, 0.3) is 0 Å². The molecule has 0 aliphatic rings. The molecule has 2 aromatic carbocycles. The van der Waals surface area contributed by atoms with Crippen molar-refractivity contribution >= 4 is 22.9 Å². The number of unbranched alkanes of at least 4 members (excludes halogenated alkanes) is 5. The number of fused-ring (bicyclic) bond motifs is 1. The molecular formula is C31H42N4O4. The number of benzene rings is 2. The van der Waals surface area contributed by atoms with Crippen molar-refractivity contribution in [2.75, 3.05) is 6.61 Å². The minimum absolute atomic E-state index is 0.0778. The van der Waals surface area contributed by atoms with Crippen LogP contribution >= 0.6 is 0 Å². The van der Waals surface area contributed by atoms with Crippen molar-refractivity contribution in [2.45, 2.75) is 79.2 Å². The Bertz CT molecular complexity index is 1250. The number of nitrogens with one attached hydrogen (secondary N) is 1. The van der Waals surface area contributed by atoms with Crippen LogP contribution in [0.5, 0.6) is 5.75 Å². The molecule has 3 rings (SSSR count). The van der Waals surface area contributed by atoms with E-state index in [1.807, 2.05) is 36.4 Å². The number of ether oxygens (including phenoxy) is 1. The second kappa shape index (κ2) is 16.1. The number of esters is 1. The van der Waals surface area contributed by atoms with Crippen molar-refractivity contribution < 1.29 is 19.4 Å². The summed E-state index contributed by atoms with van der Waals surface area (Å²) in [6.45, 7) is 15.0. The molecule has 39 heavy (non-hydrogen) atoms. The molecule has 0 saturated heterocycles. The largest absolute Gasteiger partial charge is 0.505 e. The molecule has 0 aliphatic heterocycles. The summed E-state index contributed by atoms with van der Waals surface area (Å²) in [6, 6.07) is 11.5. The molecule has 0 unspecified atom stereocenters. The van der Waals surface area contributed by atoms with Gasteiger partial charge in [0.05, 0.1) is 6.61 Å². The maximum Gasteiger partial charge on any atom is 0.333 e. The average molecular weight is 535 g/mol. The Morgan fingerprint density at radius 2 is 1.56 bits per heavy atom. The van der Waals surface area contributed by atoms with Crippen molar-refractivity contribution in [3.8, 4) is 11.4 Å². The lowest BCUT2D eigenvalue weighted by molar-refractivity contribution is -0.138. The number of amides is 1. The Kier molecular flexibility index (Phi) is 12.9. The highest BCUT2D eigenvalue weighted by Crippen LogP contribution is 2.29. The van der Waals surface area contributed by atoms with Gasteiger partial charge in [-0.3, -0.25) is 4.79 Å². The van der Waals surface area contributed by atoms with E-state index in [9.17, 15) is 14.7 Å². The molecule has 8 heteroatoms. The summed E-state index contributed by atoms with van der Waals surface area (Å²) in [7, 11) is 0. The minimum Gasteiger partial charge on any atom is -0.505 e. The highest BCUT2D eigenvalue weighted by atomic mass is 16.5. The third-order valence-electron chi connectivity index (χ3n) is 6.00. The van der Waals surface area contributed by atoms with Crippen molar-refractivity contribution in [3.05, 3.63) is 71.8 Å². The van der Waals surface area contributed by atoms with E-state index in [1.165, 1.54) is 36.9 Å². The Morgan fingerprint density at radius 3 is 2.10 bits per heavy atom. The van der Waals surface area contributed by atoms with E-state index in [0.29, 0.717) is 29.0 Å². The number of phenolic OH excluding ortho intramolecular Hbond substituents is 1. The Balaban J connectivity index is 0.000000580. The fourth-order valence-corrected chi connectivity index (χ4v) is 3.83. The van der Waals surface area contributed by atoms with Crippen LogP contribution in [0.15, 0.2) is 60.7 Å². The van der Waals surface area contributed by atoms with E-state index >= 15 is 0 Å². The first-order valence-corrected chi connectivity index (χ1v) is 13.6. The molecule has 0 atom stereocenters. The molecule has 0 bridgehead atoms. The molecule has 0 aliphatic carbocycles. The SMILES string of the molecule is C=C(C)C(=O)NCc1cc(CCCCCCCC)cc(-n2nc3ccccc3n2)c1O.C=C(C)C(=O)OCC. The summed E-state index contributed by atoms with van der Waals surface area (Å²) in [4.78, 5) is 23.9. The Labute approximate surface area is 231 Å². The zero-order chi connectivity index (χ0) is 28.8. The molecule has 2 N–H and O–H groups in total. The zero-order valence-corrected chi connectivity index (χ0v) is 23.8. The Hall–Kier alpha value is -3.94. The van der Waals surface area contributed by atoms with Gasteiger partial charge in [-0.05, 0) is 57.4 Å². The lowest BCUT2D eigenvalue weighted by Crippen LogP contribution is -2.23. The molecule has 3 aromatic rings. The van der Waals surface area contributed by atoms with E-state index in [1.54, 1.807) is 20.8 Å². The van der Waals surface area contributed by atoms with Gasteiger partial charge >= 0.3 is 5.97 Å². The van der Waals surface area contributed by atoms with Gasteiger partial charge in [0.2, 0.25) is 5.91 Å². The second-order valence-corrected chi connectivity index (χ2v) is 9.58. The standard InChI is InChI=1S/C25H32N4O2.C6H10O2/c1-4-5-6-7-8-9-12-19-15-20(17-26-25(31)18(2)3)24(30)23(16-19)29-27-21-13-10-11-14-22(21)28-29;1-4-8-6(7)5(2)3/h10-11,13-16,30H,2,4-9,12,17H2,1,3H3,(H,26,31);2,4H2,1,3H3. The molecule has 0 spiro atoms. The quantitative estimate of drug-likeness (QED) is 0.150. The number of rotatable bonds is 13. The number of carbonyl (C=O) groups is 2. The number of hydrogen-bond donors (Lipinski definition) is 2. The van der Waals surface area contributed by atoms with Crippen LogP contribution < -0.4 is 5.32 Å². The summed E-state index contributed by atoms with van der Waals surface area (Å²) in [5.41, 5.74) is 4.69. The number of aromatic nitrogens is 3. The Morgan fingerprint density at radius 1 is 0.949 bits per heavy atom. The molecule has 1 amide bonds. The second-order valence-electron chi connectivity index (χ2n) is 9.58. The summed E-state index contributed by atoms with van der Waals surface area (Å²) < 4.78 is 4.56. The van der Waals surface area contributed by atoms with E-state index in [4.69, 9.17) is 0 Å². The third kappa shape index (κ3) is 10.0. The lowest BCUT2D eigenvalue weighted by Gasteiger charge is -2.13. The maximum absolute atomic E-state index is 12.0. The number of aromatic hydroxyl groups is 1. The van der Waals surface area contributed by atoms with E-state index in [-0.39, 0.29) is 24.2 Å². The summed E-state index contributed by atoms with van der Waals surface area (Å²) >= 11 is 0. The first kappa shape index (κ1) is 31.3. The van der Waals surface area contributed by atoms with Crippen molar-refractivity contribution in [1.29, 1.82) is 0 Å². The number of phenols is 1. The summed E-state index contributed by atoms with van der Waals surface area (Å²) in [6.07, 6.45) is 8.22. The minimum atomic E-state index is -0.312. The average Bonchev–Trinajstić information content (AvgIpc) is 3.35. The first-order chi connectivity index (χ1) is 18.7. The highest BCUT2D eigenvalue weighted by molar-refractivity contribution is 5.92. The van der Waals surface area contributed by atoms with Crippen molar-refractivity contribution in [3.63, 3.8) is 0 Å². The van der Waals surface area contributed by atoms with Crippen LogP contribution in [0.4, 0.5) is 0 Å². The molecular weight excluding hydrogens is 492 g/mol. The molecule has 0 saturated carbocycles.